The van der Waals surface area contributed by atoms with Gasteiger partial charge >= 0.3 is 5.97 Å². The van der Waals surface area contributed by atoms with Gasteiger partial charge in [-0.15, -0.1) is 0 Å². The van der Waals surface area contributed by atoms with Crippen molar-refractivity contribution in [2.24, 2.45) is 0 Å². The Morgan fingerprint density at radius 1 is 1.40 bits per heavy atom. The molecule has 0 amide bonds. The second-order valence-corrected chi connectivity index (χ2v) is 4.30. The molecule has 106 valence electrons. The third-order valence-corrected chi connectivity index (χ3v) is 2.72. The smallest absolute Gasteiger partial charge is 0.335 e. The van der Waals surface area contributed by atoms with E-state index in [1.807, 2.05) is 13.8 Å². The summed E-state index contributed by atoms with van der Waals surface area (Å²) in [6.45, 7) is 4.89. The highest BCUT2D eigenvalue weighted by atomic mass is 16.5. The average Bonchev–Trinajstić information content (AvgIpc) is 2.44. The van der Waals surface area contributed by atoms with Crippen molar-refractivity contribution < 1.29 is 19.4 Å². The molecule has 2 aromatic rings. The second kappa shape index (κ2) is 6.29. The molecule has 1 aromatic heterocycles. The molecule has 1 unspecified atom stereocenters. The molecule has 6 nitrogen and oxygen atoms in total. The van der Waals surface area contributed by atoms with E-state index >= 15 is 0 Å². The Balaban J connectivity index is 2.28. The summed E-state index contributed by atoms with van der Waals surface area (Å²) in [4.78, 5) is 19.1. The fourth-order valence-electron chi connectivity index (χ4n) is 1.77. The van der Waals surface area contributed by atoms with Crippen LogP contribution < -0.4 is 4.74 Å². The number of hydrogen-bond acceptors (Lipinski definition) is 5. The maximum Gasteiger partial charge on any atom is 0.335 e. The zero-order valence-electron chi connectivity index (χ0n) is 11.4. The number of rotatable bonds is 6. The summed E-state index contributed by atoms with van der Waals surface area (Å²) < 4.78 is 11.0. The maximum atomic E-state index is 10.9. The molecule has 1 aromatic carbocycles. The minimum absolute atomic E-state index is 0.146. The highest BCUT2D eigenvalue weighted by molar-refractivity contribution is 5.94. The molecule has 1 N–H and O–H groups in total. The molecule has 0 bridgehead atoms. The van der Waals surface area contributed by atoms with Crippen LogP contribution in [0.25, 0.3) is 10.9 Å². The summed E-state index contributed by atoms with van der Waals surface area (Å²) in [5, 5.41) is 9.65. The van der Waals surface area contributed by atoms with Crippen molar-refractivity contribution in [2.45, 2.75) is 20.0 Å². The van der Waals surface area contributed by atoms with Crippen molar-refractivity contribution in [3.63, 3.8) is 0 Å². The van der Waals surface area contributed by atoms with Gasteiger partial charge < -0.3 is 14.6 Å². The predicted octanol–water partition coefficient (Wildman–Crippen LogP) is 2.13. The van der Waals surface area contributed by atoms with Crippen molar-refractivity contribution in [1.29, 1.82) is 0 Å². The molecule has 1 atom stereocenters. The minimum Gasteiger partial charge on any atom is -0.478 e. The van der Waals surface area contributed by atoms with Gasteiger partial charge in [0.25, 0.3) is 0 Å². The third kappa shape index (κ3) is 3.21. The number of aromatic nitrogens is 2. The van der Waals surface area contributed by atoms with Crippen molar-refractivity contribution in [1.82, 2.24) is 9.97 Å². The first-order valence-electron chi connectivity index (χ1n) is 6.34. The molecule has 6 heteroatoms. The Bertz CT molecular complexity index is 615. The highest BCUT2D eigenvalue weighted by Crippen LogP contribution is 2.23. The van der Waals surface area contributed by atoms with Crippen molar-refractivity contribution in [2.75, 3.05) is 13.2 Å². The molecule has 0 aliphatic heterocycles. The number of carboxylic acid groups (broad SMARTS) is 1. The number of nitrogens with zero attached hydrogens (tertiary/aromatic N) is 2. The highest BCUT2D eigenvalue weighted by Gasteiger charge is 2.11. The Labute approximate surface area is 116 Å². The lowest BCUT2D eigenvalue weighted by molar-refractivity contribution is 0.0642. The largest absolute Gasteiger partial charge is 0.478 e. The van der Waals surface area contributed by atoms with Crippen LogP contribution >= 0.6 is 0 Å². The first-order valence-corrected chi connectivity index (χ1v) is 6.34. The van der Waals surface area contributed by atoms with Gasteiger partial charge in [0.05, 0.1) is 23.1 Å². The zero-order chi connectivity index (χ0) is 14.5. The van der Waals surface area contributed by atoms with E-state index in [9.17, 15) is 4.79 Å². The van der Waals surface area contributed by atoms with Gasteiger partial charge in [-0.05, 0) is 32.0 Å². The topological polar surface area (TPSA) is 81.5 Å². The van der Waals surface area contributed by atoms with Crippen molar-refractivity contribution in [3.05, 3.63) is 30.1 Å². The molecule has 1 heterocycles. The Morgan fingerprint density at radius 3 is 2.90 bits per heavy atom. The molecule has 2 rings (SSSR count). The van der Waals surface area contributed by atoms with Gasteiger partial charge in [-0.1, -0.05) is 0 Å². The number of hydrogen-bond donors (Lipinski definition) is 1. The lowest BCUT2D eigenvalue weighted by Crippen LogP contribution is -2.19. The van der Waals surface area contributed by atoms with Crippen molar-refractivity contribution in [3.8, 4) is 5.88 Å². The van der Waals surface area contributed by atoms with Crippen LogP contribution in [0.2, 0.25) is 0 Å². The van der Waals surface area contributed by atoms with E-state index in [0.29, 0.717) is 30.0 Å². The second-order valence-electron chi connectivity index (χ2n) is 4.30. The minimum atomic E-state index is -0.988. The number of fused-ring (bicyclic) bond motifs is 1. The van der Waals surface area contributed by atoms with E-state index in [1.165, 1.54) is 18.5 Å². The van der Waals surface area contributed by atoms with Gasteiger partial charge in [-0.3, -0.25) is 0 Å². The standard InChI is InChI=1S/C14H16N2O4/c1-3-19-7-9(2)20-13-11-5-4-10(14(17)18)6-12(11)15-8-16-13/h4-6,8-9H,3,7H2,1-2H3,(H,17,18). The number of benzene rings is 1. The lowest BCUT2D eigenvalue weighted by Gasteiger charge is -2.14. The van der Waals surface area contributed by atoms with Crippen LogP contribution in [0.5, 0.6) is 5.88 Å². The fourth-order valence-corrected chi connectivity index (χ4v) is 1.77. The maximum absolute atomic E-state index is 10.9. The van der Waals surface area contributed by atoms with Gasteiger partial charge in [0.2, 0.25) is 5.88 Å². The summed E-state index contributed by atoms with van der Waals surface area (Å²) in [7, 11) is 0. The molecule has 0 aliphatic rings. The van der Waals surface area contributed by atoms with E-state index in [1.54, 1.807) is 6.07 Å². The number of carboxylic acids is 1. The van der Waals surface area contributed by atoms with Gasteiger partial charge in [-0.25, -0.2) is 14.8 Å². The van der Waals surface area contributed by atoms with E-state index in [0.717, 1.165) is 0 Å². The van der Waals surface area contributed by atoms with Gasteiger partial charge in [0.15, 0.2) is 0 Å². The predicted molar refractivity (Wildman–Crippen MR) is 73.1 cm³/mol. The summed E-state index contributed by atoms with van der Waals surface area (Å²) in [5.74, 6) is -0.558. The molecule has 0 fully saturated rings. The molecule has 0 saturated heterocycles. The van der Waals surface area contributed by atoms with Crippen LogP contribution in [0.1, 0.15) is 24.2 Å². The lowest BCUT2D eigenvalue weighted by atomic mass is 10.1. The molecule has 0 spiro atoms. The average molecular weight is 276 g/mol. The SMILES string of the molecule is CCOCC(C)Oc1ncnc2cc(C(=O)O)ccc12. The molecular formula is C14H16N2O4. The number of carbonyl (C=O) groups is 1. The molecule has 0 aliphatic carbocycles. The van der Waals surface area contributed by atoms with E-state index in [4.69, 9.17) is 14.6 Å². The normalized spacial score (nSPS) is 12.3. The fraction of sp³-hybridized carbons (Fsp3) is 0.357. The van der Waals surface area contributed by atoms with Crippen LogP contribution in [-0.2, 0) is 4.74 Å². The van der Waals surface area contributed by atoms with Crippen LogP contribution in [0.4, 0.5) is 0 Å². The first-order chi connectivity index (χ1) is 9.61. The van der Waals surface area contributed by atoms with E-state index < -0.39 is 5.97 Å². The van der Waals surface area contributed by atoms with Crippen LogP contribution in [0.3, 0.4) is 0 Å². The number of ether oxygens (including phenoxy) is 2. The quantitative estimate of drug-likeness (QED) is 0.870. The van der Waals surface area contributed by atoms with Crippen LogP contribution in [0.15, 0.2) is 24.5 Å². The van der Waals surface area contributed by atoms with Crippen molar-refractivity contribution >= 4 is 16.9 Å². The van der Waals surface area contributed by atoms with Crippen LogP contribution in [-0.4, -0.2) is 40.4 Å². The van der Waals surface area contributed by atoms with E-state index in [2.05, 4.69) is 9.97 Å². The van der Waals surface area contributed by atoms with Crippen LogP contribution in [0, 0.1) is 0 Å². The van der Waals surface area contributed by atoms with Gasteiger partial charge in [-0.2, -0.15) is 0 Å². The molecule has 0 radical (unpaired) electrons. The zero-order valence-corrected chi connectivity index (χ0v) is 11.4. The van der Waals surface area contributed by atoms with Gasteiger partial charge in [0, 0.05) is 6.61 Å². The summed E-state index contributed by atoms with van der Waals surface area (Å²) in [5.41, 5.74) is 0.725. The molecular weight excluding hydrogens is 260 g/mol. The van der Waals surface area contributed by atoms with E-state index in [-0.39, 0.29) is 11.7 Å². The monoisotopic (exact) mass is 276 g/mol. The first kappa shape index (κ1) is 14.2. The summed E-state index contributed by atoms with van der Waals surface area (Å²) in [6, 6.07) is 4.66. The Hall–Kier alpha value is -2.21. The molecule has 20 heavy (non-hydrogen) atoms. The van der Waals surface area contributed by atoms with Gasteiger partial charge in [0.1, 0.15) is 12.4 Å². The Morgan fingerprint density at radius 2 is 2.20 bits per heavy atom. The summed E-state index contributed by atoms with van der Waals surface area (Å²) >= 11 is 0. The molecule has 0 saturated carbocycles. The number of aromatic carboxylic acids is 1. The summed E-state index contributed by atoms with van der Waals surface area (Å²) in [6.07, 6.45) is 1.21. The third-order valence-electron chi connectivity index (χ3n) is 2.72. The Kier molecular flexibility index (Phi) is 4.47.